The van der Waals surface area contributed by atoms with Crippen LogP contribution in [0.5, 0.6) is 0 Å². The van der Waals surface area contributed by atoms with Gasteiger partial charge in [0.15, 0.2) is 0 Å². The number of ether oxygens (including phenoxy) is 1. The van der Waals surface area contributed by atoms with E-state index in [0.29, 0.717) is 12.0 Å². The number of hydrogen-bond donors (Lipinski definition) is 4. The Morgan fingerprint density at radius 1 is 1.26 bits per heavy atom. The fraction of sp³-hybridized carbons (Fsp3) is 0.708. The predicted octanol–water partition coefficient (Wildman–Crippen LogP) is 1.58. The highest BCUT2D eigenvalue weighted by Crippen LogP contribution is 2.44. The molecule has 11 heteroatoms. The first-order chi connectivity index (χ1) is 16.0. The summed E-state index contributed by atoms with van der Waals surface area (Å²) in [5, 5.41) is 5.09. The van der Waals surface area contributed by atoms with Crippen molar-refractivity contribution in [3.63, 3.8) is 0 Å². The van der Waals surface area contributed by atoms with Crippen LogP contribution in [0.25, 0.3) is 0 Å². The largest absolute Gasteiger partial charge is 0.495 e. The maximum atomic E-state index is 12.7. The summed E-state index contributed by atoms with van der Waals surface area (Å²) in [6, 6.07) is 0. The number of rotatable bonds is 14. The fourth-order valence-corrected chi connectivity index (χ4v) is 4.72. The molecule has 0 bridgehead atoms. The van der Waals surface area contributed by atoms with Gasteiger partial charge in [-0.25, -0.2) is 0 Å². The highest BCUT2D eigenvalue weighted by molar-refractivity contribution is 7.85. The molecule has 200 valence electrons. The number of nitrogens with two attached hydrogens (primary N) is 1. The highest BCUT2D eigenvalue weighted by Gasteiger charge is 2.41. The van der Waals surface area contributed by atoms with Gasteiger partial charge >= 0.3 is 0 Å². The minimum atomic E-state index is -4.07. The van der Waals surface area contributed by atoms with Crippen molar-refractivity contribution in [1.82, 2.24) is 10.6 Å². The summed E-state index contributed by atoms with van der Waals surface area (Å²) in [5.41, 5.74) is 5.56. The third-order valence-electron chi connectivity index (χ3n) is 6.32. The Morgan fingerprint density at radius 2 is 1.89 bits per heavy atom. The van der Waals surface area contributed by atoms with E-state index in [1.165, 1.54) is 0 Å². The van der Waals surface area contributed by atoms with E-state index in [0.717, 1.165) is 5.57 Å². The van der Waals surface area contributed by atoms with Crippen molar-refractivity contribution in [3.05, 3.63) is 23.5 Å². The van der Waals surface area contributed by atoms with Crippen LogP contribution in [0.4, 0.5) is 0 Å². The third kappa shape index (κ3) is 10.1. The van der Waals surface area contributed by atoms with E-state index < -0.39 is 32.7 Å². The molecule has 3 atom stereocenters. The molecule has 1 rings (SSSR count). The molecular weight excluding hydrogens is 474 g/mol. The molecule has 0 spiro atoms. The number of allylic oxidation sites excluding steroid dienone is 4. The molecule has 2 amide bonds. The maximum absolute atomic E-state index is 12.7. The summed E-state index contributed by atoms with van der Waals surface area (Å²) in [5.74, 6) is -0.764. The van der Waals surface area contributed by atoms with Gasteiger partial charge in [-0.2, -0.15) is 8.42 Å². The zero-order valence-corrected chi connectivity index (χ0v) is 22.4. The van der Waals surface area contributed by atoms with Gasteiger partial charge in [0.25, 0.3) is 10.1 Å². The quantitative estimate of drug-likeness (QED) is 0.154. The Hall–Kier alpha value is -2.24. The van der Waals surface area contributed by atoms with E-state index >= 15 is 0 Å². The van der Waals surface area contributed by atoms with Gasteiger partial charge in [0.2, 0.25) is 11.8 Å². The Bertz CT molecular complexity index is 941. The maximum Gasteiger partial charge on any atom is 0.264 e. The molecule has 0 fully saturated rings. The zero-order valence-electron chi connectivity index (χ0n) is 21.6. The molecule has 1 aliphatic rings. The number of hydrogen-bond acceptors (Lipinski definition) is 7. The van der Waals surface area contributed by atoms with Crippen LogP contribution < -0.4 is 16.4 Å². The van der Waals surface area contributed by atoms with Crippen molar-refractivity contribution in [3.8, 4) is 0 Å². The van der Waals surface area contributed by atoms with Gasteiger partial charge in [0.05, 0.1) is 12.3 Å². The average Bonchev–Trinajstić information content (AvgIpc) is 2.71. The molecule has 1 aliphatic carbocycles. The van der Waals surface area contributed by atoms with Crippen LogP contribution in [0.2, 0.25) is 0 Å². The lowest BCUT2D eigenvalue weighted by Crippen LogP contribution is -2.51. The van der Waals surface area contributed by atoms with Crippen LogP contribution in [-0.4, -0.2) is 62.1 Å². The van der Waals surface area contributed by atoms with Crippen molar-refractivity contribution in [1.29, 1.82) is 0 Å². The number of carbonyl (C=O) groups excluding carboxylic acids is 3. The van der Waals surface area contributed by atoms with E-state index in [2.05, 4.69) is 16.7 Å². The minimum Gasteiger partial charge on any atom is -0.495 e. The number of nitrogens with one attached hydrogen (secondary N) is 2. The Kier molecular flexibility index (Phi) is 11.1. The first kappa shape index (κ1) is 30.8. The number of aldehydes is 1. The van der Waals surface area contributed by atoms with Gasteiger partial charge in [0.1, 0.15) is 24.2 Å². The van der Waals surface area contributed by atoms with Gasteiger partial charge in [0, 0.05) is 18.9 Å². The van der Waals surface area contributed by atoms with Crippen LogP contribution in [0.15, 0.2) is 23.5 Å². The van der Waals surface area contributed by atoms with Crippen molar-refractivity contribution in [2.24, 2.45) is 28.9 Å². The van der Waals surface area contributed by atoms with E-state index in [1.807, 2.05) is 47.6 Å². The second-order valence-corrected chi connectivity index (χ2v) is 12.0. The summed E-state index contributed by atoms with van der Waals surface area (Å²) in [4.78, 5) is 36.2. The lowest BCUT2D eigenvalue weighted by atomic mass is 9.67. The highest BCUT2D eigenvalue weighted by atomic mass is 32.2. The van der Waals surface area contributed by atoms with Crippen LogP contribution in [0.3, 0.4) is 0 Å². The smallest absolute Gasteiger partial charge is 0.264 e. The van der Waals surface area contributed by atoms with E-state index in [9.17, 15) is 22.8 Å². The Labute approximate surface area is 208 Å². The SMILES string of the molecule is CC1=CC(C)C(C(C)(C)CC(=O)NCC(=O)NCCCS(=O)(=O)O)C(OC[C@@](N)(C=O)C(C)C)=C1. The number of carbonyl (C=O) groups is 3. The fourth-order valence-electron chi connectivity index (χ4n) is 4.22. The first-order valence-electron chi connectivity index (χ1n) is 11.8. The third-order valence-corrected chi connectivity index (χ3v) is 7.12. The van der Waals surface area contributed by atoms with Crippen LogP contribution >= 0.6 is 0 Å². The molecule has 0 aliphatic heterocycles. The van der Waals surface area contributed by atoms with Gasteiger partial charge in [-0.05, 0) is 36.7 Å². The van der Waals surface area contributed by atoms with Gasteiger partial charge in [-0.1, -0.05) is 46.3 Å². The summed E-state index contributed by atoms with van der Waals surface area (Å²) < 4.78 is 36.2. The van der Waals surface area contributed by atoms with Gasteiger partial charge in [-0.3, -0.25) is 14.1 Å². The zero-order chi connectivity index (χ0) is 27.0. The van der Waals surface area contributed by atoms with E-state index in [4.69, 9.17) is 15.0 Å². The standard InChI is InChI=1S/C24H41N3O7S/c1-16(2)24(25,14-28)15-34-19-11-17(3)10-18(4)22(19)23(5,6)12-20(29)27-13-21(30)26-8-7-9-35(31,32)33/h10-11,14,16,18,22H,7-9,12-13,15,25H2,1-6H3,(H,26,30)(H,27,29)(H,31,32,33)/t18?,22?,24-/m0/s1. The normalized spacial score (nSPS) is 20.4. The summed E-state index contributed by atoms with van der Waals surface area (Å²) >= 11 is 0. The average molecular weight is 516 g/mol. The molecule has 0 saturated heterocycles. The van der Waals surface area contributed by atoms with Gasteiger partial charge < -0.3 is 25.9 Å². The first-order valence-corrected chi connectivity index (χ1v) is 13.4. The summed E-state index contributed by atoms with van der Waals surface area (Å²) in [6.07, 6.45) is 4.93. The van der Waals surface area contributed by atoms with Crippen molar-refractivity contribution in [2.75, 3.05) is 25.4 Å². The molecule has 0 aromatic heterocycles. The van der Waals surface area contributed by atoms with Gasteiger partial charge in [-0.15, -0.1) is 0 Å². The number of amides is 2. The molecule has 10 nitrogen and oxygen atoms in total. The molecule has 5 N–H and O–H groups in total. The molecular formula is C24H41N3O7S. The van der Waals surface area contributed by atoms with Crippen LogP contribution in [-0.2, 0) is 29.2 Å². The molecule has 0 radical (unpaired) electrons. The van der Waals surface area contributed by atoms with Crippen LogP contribution in [0.1, 0.15) is 54.4 Å². The lowest BCUT2D eigenvalue weighted by molar-refractivity contribution is -0.128. The molecule has 0 heterocycles. The summed E-state index contributed by atoms with van der Waals surface area (Å²) in [6.45, 7) is 11.5. The van der Waals surface area contributed by atoms with Crippen molar-refractivity contribution >= 4 is 28.2 Å². The molecule has 0 aromatic rings. The molecule has 35 heavy (non-hydrogen) atoms. The minimum absolute atomic E-state index is 0.0243. The Morgan fingerprint density at radius 3 is 2.43 bits per heavy atom. The van der Waals surface area contributed by atoms with E-state index in [-0.39, 0.29) is 56.2 Å². The van der Waals surface area contributed by atoms with E-state index in [1.54, 1.807) is 0 Å². The van der Waals surface area contributed by atoms with Crippen LogP contribution in [0, 0.1) is 23.2 Å². The Balaban J connectivity index is 2.76. The monoisotopic (exact) mass is 515 g/mol. The molecule has 2 unspecified atom stereocenters. The van der Waals surface area contributed by atoms with Crippen molar-refractivity contribution in [2.45, 2.75) is 59.9 Å². The second kappa shape index (κ2) is 12.6. The topological polar surface area (TPSA) is 165 Å². The predicted molar refractivity (Wildman–Crippen MR) is 134 cm³/mol. The second-order valence-electron chi connectivity index (χ2n) is 10.4. The summed E-state index contributed by atoms with van der Waals surface area (Å²) in [7, 11) is -4.07. The lowest BCUT2D eigenvalue weighted by Gasteiger charge is -2.41. The molecule has 0 aromatic carbocycles. The van der Waals surface area contributed by atoms with Crippen molar-refractivity contribution < 1.29 is 32.1 Å². The molecule has 0 saturated carbocycles.